The van der Waals surface area contributed by atoms with Gasteiger partial charge in [-0.1, -0.05) is 13.8 Å². The van der Waals surface area contributed by atoms with Gasteiger partial charge in [0.15, 0.2) is 0 Å². The first kappa shape index (κ1) is 14.0. The largest absolute Gasteiger partial charge is 0.467 e. The monoisotopic (exact) mass is 250 g/mol. The molecule has 0 aliphatic rings. The number of nitrogens with zero attached hydrogens (tertiary/aromatic N) is 3. The van der Waals surface area contributed by atoms with E-state index in [0.717, 1.165) is 5.76 Å². The first-order valence-electron chi connectivity index (χ1n) is 5.98. The second kappa shape index (κ2) is 6.64. The zero-order valence-corrected chi connectivity index (χ0v) is 11.3. The average Bonchev–Trinajstić information content (AvgIpc) is 3.02. The molecular formula is C13H20N3O2+. The summed E-state index contributed by atoms with van der Waals surface area (Å²) in [6.07, 6.45) is 6.86. The van der Waals surface area contributed by atoms with Crippen LogP contribution in [0.4, 0.5) is 4.79 Å². The van der Waals surface area contributed by atoms with Crippen LogP contribution < -0.4 is 4.57 Å². The highest BCUT2D eigenvalue weighted by atomic mass is 16.3. The van der Waals surface area contributed by atoms with E-state index in [1.54, 1.807) is 30.7 Å². The topological polar surface area (TPSA) is 42.3 Å². The molecule has 0 radical (unpaired) electrons. The number of aromatic nitrogens is 2. The summed E-state index contributed by atoms with van der Waals surface area (Å²) in [6.45, 7) is 4.47. The summed E-state index contributed by atoms with van der Waals surface area (Å²) in [5, 5.41) is 0. The van der Waals surface area contributed by atoms with Gasteiger partial charge in [-0.05, 0) is 12.1 Å². The Balaban J connectivity index is 0.000000771. The fourth-order valence-electron chi connectivity index (χ4n) is 1.46. The average molecular weight is 250 g/mol. The van der Waals surface area contributed by atoms with Gasteiger partial charge in [0.05, 0.1) is 19.9 Å². The maximum absolute atomic E-state index is 11.9. The summed E-state index contributed by atoms with van der Waals surface area (Å²) in [6, 6.07) is 3.57. The second-order valence-electron chi connectivity index (χ2n) is 3.70. The number of hydrogen-bond acceptors (Lipinski definition) is 2. The van der Waals surface area contributed by atoms with E-state index < -0.39 is 0 Å². The van der Waals surface area contributed by atoms with E-state index in [9.17, 15) is 4.79 Å². The minimum Gasteiger partial charge on any atom is -0.467 e. The van der Waals surface area contributed by atoms with Crippen molar-refractivity contribution >= 4 is 6.03 Å². The van der Waals surface area contributed by atoms with Gasteiger partial charge < -0.3 is 4.42 Å². The zero-order chi connectivity index (χ0) is 13.5. The van der Waals surface area contributed by atoms with Crippen molar-refractivity contribution in [3.63, 3.8) is 0 Å². The maximum Gasteiger partial charge on any atom is 0.415 e. The predicted octanol–water partition coefficient (Wildman–Crippen LogP) is 2.03. The van der Waals surface area contributed by atoms with Crippen molar-refractivity contribution in [1.82, 2.24) is 9.47 Å². The van der Waals surface area contributed by atoms with Gasteiger partial charge in [-0.3, -0.25) is 4.90 Å². The van der Waals surface area contributed by atoms with Crippen LogP contribution in [0.15, 0.2) is 41.5 Å². The Hall–Kier alpha value is -2.04. The Morgan fingerprint density at radius 2 is 2.22 bits per heavy atom. The molecule has 1 amide bonds. The zero-order valence-electron chi connectivity index (χ0n) is 11.3. The van der Waals surface area contributed by atoms with Crippen LogP contribution in [0.3, 0.4) is 0 Å². The van der Waals surface area contributed by atoms with Gasteiger partial charge in [0.25, 0.3) is 6.33 Å². The Morgan fingerprint density at radius 1 is 1.50 bits per heavy atom. The summed E-state index contributed by atoms with van der Waals surface area (Å²) in [5.74, 6) is 0.771. The molecule has 2 aromatic rings. The van der Waals surface area contributed by atoms with Crippen molar-refractivity contribution in [2.24, 2.45) is 7.05 Å². The molecule has 0 atom stereocenters. The third-order valence-electron chi connectivity index (χ3n) is 2.29. The summed E-state index contributed by atoms with van der Waals surface area (Å²) in [7, 11) is 3.61. The number of amides is 1. The maximum atomic E-state index is 11.9. The van der Waals surface area contributed by atoms with E-state index in [1.807, 2.05) is 43.8 Å². The predicted molar refractivity (Wildman–Crippen MR) is 67.9 cm³/mol. The normalized spacial score (nSPS) is 9.56. The minimum absolute atomic E-state index is 0.0861. The molecule has 2 heterocycles. The van der Waals surface area contributed by atoms with Crippen LogP contribution in [0.5, 0.6) is 0 Å². The summed E-state index contributed by atoms with van der Waals surface area (Å²) < 4.78 is 8.54. The summed E-state index contributed by atoms with van der Waals surface area (Å²) in [4.78, 5) is 13.5. The number of carbonyl (C=O) groups is 1. The number of carbonyl (C=O) groups excluding carboxylic acids is 1. The van der Waals surface area contributed by atoms with E-state index >= 15 is 0 Å². The van der Waals surface area contributed by atoms with Crippen molar-refractivity contribution in [3.05, 3.63) is 42.9 Å². The lowest BCUT2D eigenvalue weighted by Crippen LogP contribution is -2.32. The first-order chi connectivity index (χ1) is 8.66. The molecule has 0 bridgehead atoms. The van der Waals surface area contributed by atoms with Crippen LogP contribution >= 0.6 is 0 Å². The summed E-state index contributed by atoms with van der Waals surface area (Å²) in [5.41, 5.74) is 0. The molecule has 2 rings (SSSR count). The van der Waals surface area contributed by atoms with Gasteiger partial charge in [-0.15, -0.1) is 0 Å². The summed E-state index contributed by atoms with van der Waals surface area (Å²) >= 11 is 0. The molecule has 0 saturated heterocycles. The number of hydrogen-bond donors (Lipinski definition) is 0. The third-order valence-corrected chi connectivity index (χ3v) is 2.29. The van der Waals surface area contributed by atoms with Crippen LogP contribution in [0.2, 0.25) is 0 Å². The van der Waals surface area contributed by atoms with Crippen LogP contribution in [0, 0.1) is 0 Å². The number of aryl methyl sites for hydroxylation is 1. The van der Waals surface area contributed by atoms with Gasteiger partial charge in [-0.2, -0.15) is 4.57 Å². The van der Waals surface area contributed by atoms with E-state index in [0.29, 0.717) is 6.54 Å². The van der Waals surface area contributed by atoms with Crippen LogP contribution in [-0.4, -0.2) is 22.5 Å². The Bertz CT molecular complexity index is 474. The minimum atomic E-state index is -0.0861. The lowest BCUT2D eigenvalue weighted by molar-refractivity contribution is -0.670. The molecule has 0 N–H and O–H groups in total. The van der Waals surface area contributed by atoms with Crippen molar-refractivity contribution in [2.45, 2.75) is 20.4 Å². The molecule has 5 nitrogen and oxygen atoms in total. The smallest absolute Gasteiger partial charge is 0.415 e. The van der Waals surface area contributed by atoms with Crippen molar-refractivity contribution < 1.29 is 13.8 Å². The highest BCUT2D eigenvalue weighted by Crippen LogP contribution is 2.04. The Morgan fingerprint density at radius 3 is 2.72 bits per heavy atom. The van der Waals surface area contributed by atoms with Crippen LogP contribution in [0.1, 0.15) is 19.6 Å². The van der Waals surface area contributed by atoms with E-state index in [4.69, 9.17) is 4.42 Å². The highest BCUT2D eigenvalue weighted by molar-refractivity contribution is 5.76. The van der Waals surface area contributed by atoms with Gasteiger partial charge in [0.1, 0.15) is 18.2 Å². The molecule has 0 fully saturated rings. The molecule has 0 spiro atoms. The number of rotatable bonds is 2. The standard InChI is InChI=1S/C11H14N3O2.C2H6/c1-12-5-6-14(9-12)11(15)13(2)8-10-4-3-7-16-10;1-2/h3-7,9H,8H2,1-2H3;1-2H3/q+1;. The molecule has 0 aromatic carbocycles. The van der Waals surface area contributed by atoms with E-state index in [-0.39, 0.29) is 6.03 Å². The first-order valence-corrected chi connectivity index (χ1v) is 5.98. The number of furan rings is 1. The van der Waals surface area contributed by atoms with Gasteiger partial charge in [-0.25, -0.2) is 9.36 Å². The second-order valence-corrected chi connectivity index (χ2v) is 3.70. The van der Waals surface area contributed by atoms with E-state index in [2.05, 4.69) is 0 Å². The number of imidazole rings is 1. The third kappa shape index (κ3) is 3.48. The van der Waals surface area contributed by atoms with Crippen molar-refractivity contribution in [3.8, 4) is 0 Å². The van der Waals surface area contributed by atoms with Crippen LogP contribution in [-0.2, 0) is 13.6 Å². The van der Waals surface area contributed by atoms with Crippen molar-refractivity contribution in [2.75, 3.05) is 7.05 Å². The molecule has 98 valence electrons. The van der Waals surface area contributed by atoms with Crippen molar-refractivity contribution in [1.29, 1.82) is 0 Å². The Kier molecular flexibility index (Phi) is 5.17. The van der Waals surface area contributed by atoms with Gasteiger partial charge in [0.2, 0.25) is 0 Å². The fraction of sp³-hybridized carbons (Fsp3) is 0.385. The van der Waals surface area contributed by atoms with E-state index in [1.165, 1.54) is 4.57 Å². The van der Waals surface area contributed by atoms with Gasteiger partial charge in [0, 0.05) is 7.05 Å². The molecule has 18 heavy (non-hydrogen) atoms. The molecule has 5 heteroatoms. The molecular weight excluding hydrogens is 230 g/mol. The molecule has 0 aliphatic carbocycles. The SMILES string of the molecule is CC.CN(Cc1ccco1)C(=O)n1cc[n+](C)c1. The quantitative estimate of drug-likeness (QED) is 0.765. The fourth-order valence-corrected chi connectivity index (χ4v) is 1.46. The highest BCUT2D eigenvalue weighted by Gasteiger charge is 2.17. The van der Waals surface area contributed by atoms with Crippen LogP contribution in [0.25, 0.3) is 0 Å². The lowest BCUT2D eigenvalue weighted by Gasteiger charge is -2.11. The molecule has 0 unspecified atom stereocenters. The van der Waals surface area contributed by atoms with Gasteiger partial charge >= 0.3 is 6.03 Å². The lowest BCUT2D eigenvalue weighted by atomic mass is 10.4. The molecule has 0 aliphatic heterocycles. The molecule has 0 saturated carbocycles. The Labute approximate surface area is 107 Å². The molecule has 2 aromatic heterocycles.